The van der Waals surface area contributed by atoms with E-state index in [1.807, 2.05) is 0 Å². The largest absolute Gasteiger partial charge is 0.465 e. The molecule has 0 aliphatic rings. The third-order valence-corrected chi connectivity index (χ3v) is 3.09. The Morgan fingerprint density at radius 3 is 2.21 bits per heavy atom. The molecule has 1 aromatic heterocycles. The zero-order valence-electron chi connectivity index (χ0n) is 12.6. The molecule has 7 nitrogen and oxygen atoms in total. The van der Waals surface area contributed by atoms with Crippen LogP contribution in [0.3, 0.4) is 0 Å². The van der Waals surface area contributed by atoms with Gasteiger partial charge in [0.25, 0.3) is 5.91 Å². The van der Waals surface area contributed by atoms with Crippen LogP contribution in [0.4, 0.5) is 5.82 Å². The summed E-state index contributed by atoms with van der Waals surface area (Å²) in [6, 6.07) is 8.77. The zero-order chi connectivity index (χ0) is 17.5. The Bertz CT molecular complexity index is 744. The number of esters is 2. The number of rotatable bonds is 5. The summed E-state index contributed by atoms with van der Waals surface area (Å²) in [5, 5.41) is 2.90. The van der Waals surface area contributed by atoms with Gasteiger partial charge in [0.05, 0.1) is 23.3 Å². The summed E-state index contributed by atoms with van der Waals surface area (Å²) in [5.41, 5.74) is 0.515. The number of ether oxygens (including phenoxy) is 2. The van der Waals surface area contributed by atoms with Gasteiger partial charge in [-0.25, -0.2) is 14.6 Å². The summed E-state index contributed by atoms with van der Waals surface area (Å²) in [6.45, 7) is -0.470. The van der Waals surface area contributed by atoms with E-state index in [2.05, 4.69) is 15.0 Å². The lowest BCUT2D eigenvalue weighted by Crippen LogP contribution is -2.21. The minimum atomic E-state index is -0.689. The van der Waals surface area contributed by atoms with Gasteiger partial charge in [-0.15, -0.1) is 0 Å². The van der Waals surface area contributed by atoms with Gasteiger partial charge in [-0.05, 0) is 36.4 Å². The lowest BCUT2D eigenvalue weighted by molar-refractivity contribution is -0.119. The first kappa shape index (κ1) is 17.4. The predicted molar refractivity (Wildman–Crippen MR) is 85.9 cm³/mol. The maximum absolute atomic E-state index is 11.8. The van der Waals surface area contributed by atoms with E-state index in [-0.39, 0.29) is 5.56 Å². The molecule has 1 N–H and O–H groups in total. The van der Waals surface area contributed by atoms with Crippen LogP contribution in [0.5, 0.6) is 0 Å². The highest BCUT2D eigenvalue weighted by Crippen LogP contribution is 2.10. The van der Waals surface area contributed by atoms with Crippen molar-refractivity contribution in [3.63, 3.8) is 0 Å². The van der Waals surface area contributed by atoms with Crippen LogP contribution >= 0.6 is 11.6 Å². The Morgan fingerprint density at radius 2 is 1.67 bits per heavy atom. The molecule has 0 unspecified atom stereocenters. The van der Waals surface area contributed by atoms with Gasteiger partial charge in [0.15, 0.2) is 6.61 Å². The van der Waals surface area contributed by atoms with E-state index in [9.17, 15) is 14.4 Å². The maximum Gasteiger partial charge on any atom is 0.338 e. The van der Waals surface area contributed by atoms with Crippen molar-refractivity contribution in [2.45, 2.75) is 0 Å². The van der Waals surface area contributed by atoms with Crippen molar-refractivity contribution in [2.75, 3.05) is 19.0 Å². The fraction of sp³-hybridized carbons (Fsp3) is 0.125. The van der Waals surface area contributed by atoms with E-state index >= 15 is 0 Å². The molecule has 0 aliphatic heterocycles. The van der Waals surface area contributed by atoms with Gasteiger partial charge >= 0.3 is 11.9 Å². The van der Waals surface area contributed by atoms with Crippen LogP contribution < -0.4 is 5.32 Å². The van der Waals surface area contributed by atoms with E-state index in [4.69, 9.17) is 16.3 Å². The Kier molecular flexibility index (Phi) is 5.86. The molecule has 0 aliphatic carbocycles. The van der Waals surface area contributed by atoms with Crippen LogP contribution in [0.2, 0.25) is 5.02 Å². The Labute approximate surface area is 142 Å². The summed E-state index contributed by atoms with van der Waals surface area (Å²) in [5.74, 6) is -1.44. The molecular weight excluding hydrogens is 336 g/mol. The van der Waals surface area contributed by atoms with Crippen molar-refractivity contribution in [3.8, 4) is 0 Å². The number of halogens is 1. The Balaban J connectivity index is 1.87. The number of aromatic nitrogens is 1. The van der Waals surface area contributed by atoms with Gasteiger partial charge in [-0.2, -0.15) is 0 Å². The first-order valence-electron chi connectivity index (χ1n) is 6.76. The van der Waals surface area contributed by atoms with Gasteiger partial charge < -0.3 is 14.8 Å². The maximum atomic E-state index is 11.8. The monoisotopic (exact) mass is 348 g/mol. The quantitative estimate of drug-likeness (QED) is 0.833. The molecule has 0 fully saturated rings. The number of hydrogen-bond acceptors (Lipinski definition) is 6. The third-order valence-electron chi connectivity index (χ3n) is 2.87. The highest BCUT2D eigenvalue weighted by Gasteiger charge is 2.12. The Morgan fingerprint density at radius 1 is 1.04 bits per heavy atom. The van der Waals surface area contributed by atoms with Crippen molar-refractivity contribution in [1.29, 1.82) is 0 Å². The molecule has 1 heterocycles. The standard InChI is InChI=1S/C16H13ClN2O5/c1-23-15(21)10-2-4-11(5-3-10)16(22)24-9-14(20)19-13-7-6-12(17)8-18-13/h2-8H,9H2,1H3,(H,18,19,20). The summed E-state index contributed by atoms with van der Waals surface area (Å²) in [7, 11) is 1.26. The molecule has 2 rings (SSSR count). The molecule has 8 heteroatoms. The number of benzene rings is 1. The molecule has 0 saturated heterocycles. The zero-order valence-corrected chi connectivity index (χ0v) is 13.4. The fourth-order valence-electron chi connectivity index (χ4n) is 1.70. The summed E-state index contributed by atoms with van der Waals surface area (Å²) in [6.07, 6.45) is 1.38. The smallest absolute Gasteiger partial charge is 0.338 e. The second-order valence-electron chi connectivity index (χ2n) is 4.55. The number of anilines is 1. The number of nitrogens with zero attached hydrogens (tertiary/aromatic N) is 1. The molecule has 0 atom stereocenters. The number of hydrogen-bond donors (Lipinski definition) is 1. The Hall–Kier alpha value is -2.93. The van der Waals surface area contributed by atoms with Crippen LogP contribution in [-0.4, -0.2) is 36.5 Å². The van der Waals surface area contributed by atoms with Crippen molar-refractivity contribution in [3.05, 3.63) is 58.7 Å². The normalized spacial score (nSPS) is 9.92. The second kappa shape index (κ2) is 8.07. The van der Waals surface area contributed by atoms with Gasteiger partial charge in [0.2, 0.25) is 0 Å². The van der Waals surface area contributed by atoms with Crippen LogP contribution in [0.25, 0.3) is 0 Å². The topological polar surface area (TPSA) is 94.6 Å². The van der Waals surface area contributed by atoms with Crippen molar-refractivity contribution in [1.82, 2.24) is 4.98 Å². The molecule has 24 heavy (non-hydrogen) atoms. The number of carbonyl (C=O) groups excluding carboxylic acids is 3. The molecule has 0 saturated carbocycles. The van der Waals surface area contributed by atoms with E-state index in [0.717, 1.165) is 0 Å². The summed E-state index contributed by atoms with van der Waals surface area (Å²) >= 11 is 5.69. The highest BCUT2D eigenvalue weighted by atomic mass is 35.5. The van der Waals surface area contributed by atoms with Gasteiger partial charge in [-0.1, -0.05) is 11.6 Å². The molecule has 0 radical (unpaired) electrons. The third kappa shape index (κ3) is 4.79. The molecule has 1 aromatic carbocycles. The number of nitrogens with one attached hydrogen (secondary N) is 1. The van der Waals surface area contributed by atoms with Crippen LogP contribution in [0, 0.1) is 0 Å². The van der Waals surface area contributed by atoms with Crippen molar-refractivity contribution in [2.24, 2.45) is 0 Å². The summed E-state index contributed by atoms with van der Waals surface area (Å²) < 4.78 is 9.45. The van der Waals surface area contributed by atoms with Crippen molar-refractivity contribution < 1.29 is 23.9 Å². The van der Waals surface area contributed by atoms with Gasteiger partial charge in [0, 0.05) is 6.20 Å². The number of amides is 1. The predicted octanol–water partition coefficient (Wildman–Crippen LogP) is 2.32. The van der Waals surface area contributed by atoms with E-state index < -0.39 is 24.5 Å². The van der Waals surface area contributed by atoms with Gasteiger partial charge in [0.1, 0.15) is 5.82 Å². The molecule has 0 spiro atoms. The lowest BCUT2D eigenvalue weighted by atomic mass is 10.1. The van der Waals surface area contributed by atoms with Crippen LogP contribution in [0.1, 0.15) is 20.7 Å². The minimum absolute atomic E-state index is 0.208. The lowest BCUT2D eigenvalue weighted by Gasteiger charge is -2.06. The van der Waals surface area contributed by atoms with Crippen LogP contribution in [-0.2, 0) is 14.3 Å². The van der Waals surface area contributed by atoms with E-state index in [1.54, 1.807) is 6.07 Å². The highest BCUT2D eigenvalue weighted by molar-refractivity contribution is 6.30. The number of pyridine rings is 1. The number of methoxy groups -OCH3 is 1. The summed E-state index contributed by atoms with van der Waals surface area (Å²) in [4.78, 5) is 38.7. The average molecular weight is 349 g/mol. The van der Waals surface area contributed by atoms with Gasteiger partial charge in [-0.3, -0.25) is 4.79 Å². The molecule has 1 amide bonds. The fourth-order valence-corrected chi connectivity index (χ4v) is 1.82. The first-order chi connectivity index (χ1) is 11.5. The second-order valence-corrected chi connectivity index (χ2v) is 4.99. The minimum Gasteiger partial charge on any atom is -0.465 e. The van der Waals surface area contributed by atoms with Crippen LogP contribution in [0.15, 0.2) is 42.6 Å². The number of carbonyl (C=O) groups is 3. The molecule has 124 valence electrons. The molecular formula is C16H13ClN2O5. The molecule has 0 bridgehead atoms. The van der Waals surface area contributed by atoms with E-state index in [0.29, 0.717) is 16.4 Å². The van der Waals surface area contributed by atoms with Crippen molar-refractivity contribution >= 4 is 35.3 Å². The van der Waals surface area contributed by atoms with E-state index in [1.165, 1.54) is 43.6 Å². The SMILES string of the molecule is COC(=O)c1ccc(C(=O)OCC(=O)Nc2ccc(Cl)cn2)cc1. The molecule has 2 aromatic rings. The first-order valence-corrected chi connectivity index (χ1v) is 7.14. The average Bonchev–Trinajstić information content (AvgIpc) is 2.61.